The lowest BCUT2D eigenvalue weighted by molar-refractivity contribution is -0.139. The zero-order valence-electron chi connectivity index (χ0n) is 13.0. The second-order valence-corrected chi connectivity index (χ2v) is 6.12. The van der Waals surface area contributed by atoms with Crippen molar-refractivity contribution in [1.29, 1.82) is 0 Å². The lowest BCUT2D eigenvalue weighted by atomic mass is 10.0. The van der Waals surface area contributed by atoms with Gasteiger partial charge >= 0.3 is 5.97 Å². The Kier molecular flexibility index (Phi) is 6.73. The van der Waals surface area contributed by atoms with Crippen molar-refractivity contribution in [3.63, 3.8) is 0 Å². The molecule has 0 aliphatic carbocycles. The Labute approximate surface area is 122 Å². The number of nitrogens with one attached hydrogen (secondary N) is 1. The van der Waals surface area contributed by atoms with E-state index in [0.29, 0.717) is 24.8 Å². The van der Waals surface area contributed by atoms with Crippen LogP contribution in [0.3, 0.4) is 0 Å². The van der Waals surface area contributed by atoms with Gasteiger partial charge in [-0.2, -0.15) is 0 Å². The monoisotopic (exact) mass is 277 g/mol. The number of hydrogen-bond donors (Lipinski definition) is 2. The summed E-state index contributed by atoms with van der Waals surface area (Å²) in [6.07, 6.45) is 1.53. The standard InChI is InChI=1S/C17H27NO2/c1-12(2)11-16(17(19)20)18-10-9-14-5-7-15(8-6-14)13(3)4/h5-8,12-13,16,18H,9-11H2,1-4H3,(H,19,20)/t16-/m0/s1. The normalized spacial score (nSPS) is 12.9. The van der Waals surface area contributed by atoms with Crippen molar-refractivity contribution >= 4 is 5.97 Å². The molecule has 3 heteroatoms. The minimum atomic E-state index is -0.756. The molecule has 0 fully saturated rings. The van der Waals surface area contributed by atoms with Crippen LogP contribution in [0.2, 0.25) is 0 Å². The first-order chi connectivity index (χ1) is 9.40. The number of carbonyl (C=O) groups is 1. The molecule has 0 spiro atoms. The van der Waals surface area contributed by atoms with Gasteiger partial charge in [-0.05, 0) is 42.3 Å². The Morgan fingerprint density at radius 2 is 1.75 bits per heavy atom. The van der Waals surface area contributed by atoms with Crippen LogP contribution in [0.4, 0.5) is 0 Å². The van der Waals surface area contributed by atoms with Gasteiger partial charge in [0.25, 0.3) is 0 Å². The lowest BCUT2D eigenvalue weighted by Crippen LogP contribution is -2.38. The maximum atomic E-state index is 11.1. The quantitative estimate of drug-likeness (QED) is 0.765. The first-order valence-electron chi connectivity index (χ1n) is 7.45. The molecule has 2 N–H and O–H groups in total. The molecule has 0 bridgehead atoms. The molecule has 1 aromatic carbocycles. The average molecular weight is 277 g/mol. The van der Waals surface area contributed by atoms with E-state index < -0.39 is 12.0 Å². The van der Waals surface area contributed by atoms with E-state index in [4.69, 9.17) is 5.11 Å². The minimum absolute atomic E-state index is 0.383. The predicted octanol–water partition coefficient (Wildman–Crippen LogP) is 3.44. The smallest absolute Gasteiger partial charge is 0.320 e. The molecule has 0 saturated carbocycles. The lowest BCUT2D eigenvalue weighted by Gasteiger charge is -2.16. The van der Waals surface area contributed by atoms with Gasteiger partial charge in [0.15, 0.2) is 0 Å². The molecule has 1 aromatic rings. The van der Waals surface area contributed by atoms with Gasteiger partial charge in [-0.3, -0.25) is 4.79 Å². The van der Waals surface area contributed by atoms with E-state index in [9.17, 15) is 4.79 Å². The van der Waals surface area contributed by atoms with Gasteiger partial charge in [0.2, 0.25) is 0 Å². The molecule has 20 heavy (non-hydrogen) atoms. The molecule has 1 atom stereocenters. The Balaban J connectivity index is 2.44. The Hall–Kier alpha value is -1.35. The zero-order valence-corrected chi connectivity index (χ0v) is 13.0. The van der Waals surface area contributed by atoms with E-state index >= 15 is 0 Å². The second-order valence-electron chi connectivity index (χ2n) is 6.12. The maximum Gasteiger partial charge on any atom is 0.320 e. The zero-order chi connectivity index (χ0) is 15.1. The van der Waals surface area contributed by atoms with E-state index in [2.05, 4.69) is 43.4 Å². The predicted molar refractivity (Wildman–Crippen MR) is 83.1 cm³/mol. The van der Waals surface area contributed by atoms with E-state index in [0.717, 1.165) is 6.42 Å². The highest BCUT2D eigenvalue weighted by Crippen LogP contribution is 2.14. The Morgan fingerprint density at radius 3 is 2.20 bits per heavy atom. The summed E-state index contributed by atoms with van der Waals surface area (Å²) in [5.41, 5.74) is 2.58. The van der Waals surface area contributed by atoms with Gasteiger partial charge in [0, 0.05) is 0 Å². The average Bonchev–Trinajstić information content (AvgIpc) is 2.37. The number of benzene rings is 1. The van der Waals surface area contributed by atoms with Gasteiger partial charge in [0.05, 0.1) is 0 Å². The largest absolute Gasteiger partial charge is 0.480 e. The summed E-state index contributed by atoms with van der Waals surface area (Å²) in [5.74, 6) is 0.174. The molecule has 1 rings (SSSR count). The second kappa shape index (κ2) is 8.05. The van der Waals surface area contributed by atoms with Crippen LogP contribution in [0.1, 0.15) is 51.2 Å². The molecule has 0 saturated heterocycles. The van der Waals surface area contributed by atoms with Crippen LogP contribution in [-0.2, 0) is 11.2 Å². The molecule has 0 amide bonds. The van der Waals surface area contributed by atoms with Crippen molar-refractivity contribution in [2.24, 2.45) is 5.92 Å². The molecular formula is C17H27NO2. The summed E-state index contributed by atoms with van der Waals surface area (Å²) in [6.45, 7) is 9.15. The van der Waals surface area contributed by atoms with Crippen LogP contribution in [0.25, 0.3) is 0 Å². The number of carboxylic acids is 1. The molecule has 0 aromatic heterocycles. The van der Waals surface area contributed by atoms with Gasteiger partial charge < -0.3 is 10.4 Å². The van der Waals surface area contributed by atoms with E-state index in [-0.39, 0.29) is 0 Å². The molecule has 0 heterocycles. The summed E-state index contributed by atoms with van der Waals surface area (Å²) in [6, 6.07) is 8.14. The number of rotatable bonds is 8. The van der Waals surface area contributed by atoms with Crippen LogP contribution in [0.15, 0.2) is 24.3 Å². The van der Waals surface area contributed by atoms with Crippen molar-refractivity contribution in [3.8, 4) is 0 Å². The van der Waals surface area contributed by atoms with Crippen molar-refractivity contribution in [1.82, 2.24) is 5.32 Å². The molecule has 0 aliphatic rings. The van der Waals surface area contributed by atoms with E-state index in [1.807, 2.05) is 13.8 Å². The Bertz CT molecular complexity index is 410. The highest BCUT2D eigenvalue weighted by molar-refractivity contribution is 5.73. The summed E-state index contributed by atoms with van der Waals surface area (Å²) >= 11 is 0. The third-order valence-corrected chi connectivity index (χ3v) is 3.46. The highest BCUT2D eigenvalue weighted by atomic mass is 16.4. The minimum Gasteiger partial charge on any atom is -0.480 e. The van der Waals surface area contributed by atoms with Gasteiger partial charge in [-0.1, -0.05) is 52.0 Å². The highest BCUT2D eigenvalue weighted by Gasteiger charge is 2.17. The molecule has 3 nitrogen and oxygen atoms in total. The van der Waals surface area contributed by atoms with Crippen LogP contribution in [0.5, 0.6) is 0 Å². The summed E-state index contributed by atoms with van der Waals surface area (Å²) in [4.78, 5) is 11.1. The Morgan fingerprint density at radius 1 is 1.15 bits per heavy atom. The van der Waals surface area contributed by atoms with Gasteiger partial charge in [-0.25, -0.2) is 0 Å². The first-order valence-corrected chi connectivity index (χ1v) is 7.45. The van der Waals surface area contributed by atoms with Crippen LogP contribution >= 0.6 is 0 Å². The van der Waals surface area contributed by atoms with Gasteiger partial charge in [0.1, 0.15) is 6.04 Å². The molecular weight excluding hydrogens is 250 g/mol. The third kappa shape index (κ3) is 5.74. The van der Waals surface area contributed by atoms with E-state index in [1.54, 1.807) is 0 Å². The number of carboxylic acid groups (broad SMARTS) is 1. The molecule has 0 aliphatic heterocycles. The van der Waals surface area contributed by atoms with Gasteiger partial charge in [-0.15, -0.1) is 0 Å². The van der Waals surface area contributed by atoms with Crippen molar-refractivity contribution in [3.05, 3.63) is 35.4 Å². The number of aliphatic carboxylic acids is 1. The summed E-state index contributed by atoms with van der Waals surface area (Å²) in [7, 11) is 0. The van der Waals surface area contributed by atoms with Crippen molar-refractivity contribution < 1.29 is 9.90 Å². The van der Waals surface area contributed by atoms with E-state index in [1.165, 1.54) is 11.1 Å². The fourth-order valence-electron chi connectivity index (χ4n) is 2.20. The fraction of sp³-hybridized carbons (Fsp3) is 0.588. The van der Waals surface area contributed by atoms with Crippen molar-refractivity contribution in [2.45, 2.75) is 52.5 Å². The summed E-state index contributed by atoms with van der Waals surface area (Å²) < 4.78 is 0. The SMILES string of the molecule is CC(C)C[C@H](NCCc1ccc(C(C)C)cc1)C(=O)O. The first kappa shape index (κ1) is 16.7. The summed E-state index contributed by atoms with van der Waals surface area (Å²) in [5, 5.41) is 12.3. The fourth-order valence-corrected chi connectivity index (χ4v) is 2.20. The molecule has 0 unspecified atom stereocenters. The van der Waals surface area contributed by atoms with Crippen molar-refractivity contribution in [2.75, 3.05) is 6.54 Å². The third-order valence-electron chi connectivity index (χ3n) is 3.46. The maximum absolute atomic E-state index is 11.1. The molecule has 112 valence electrons. The van der Waals surface area contributed by atoms with Crippen LogP contribution in [0, 0.1) is 5.92 Å². The van der Waals surface area contributed by atoms with Crippen LogP contribution < -0.4 is 5.32 Å². The number of hydrogen-bond acceptors (Lipinski definition) is 2. The molecule has 0 radical (unpaired) electrons. The van der Waals surface area contributed by atoms with Crippen LogP contribution in [-0.4, -0.2) is 23.7 Å². The topological polar surface area (TPSA) is 49.3 Å².